The minimum absolute atomic E-state index is 0.00413. The van der Waals surface area contributed by atoms with Crippen LogP contribution in [0.25, 0.3) is 0 Å². The second-order valence-corrected chi connectivity index (χ2v) is 17.2. The van der Waals surface area contributed by atoms with Gasteiger partial charge in [-0.05, 0) is 102 Å². The molecule has 0 radical (unpaired) electrons. The third-order valence-corrected chi connectivity index (χ3v) is 11.2. The van der Waals surface area contributed by atoms with Gasteiger partial charge in [0.2, 0.25) is 0 Å². The number of aliphatic hydroxyl groups excluding tert-OH is 1. The molecule has 0 bridgehead atoms. The summed E-state index contributed by atoms with van der Waals surface area (Å²) in [5, 5.41) is 9.34. The smallest absolute Gasteiger partial charge is 0.305 e. The van der Waals surface area contributed by atoms with Crippen LogP contribution in [0, 0.1) is 11.3 Å². The summed E-state index contributed by atoms with van der Waals surface area (Å²) in [7, 11) is 0. The van der Waals surface area contributed by atoms with Crippen molar-refractivity contribution in [2.75, 3.05) is 39.5 Å². The van der Waals surface area contributed by atoms with Gasteiger partial charge in [0.1, 0.15) is 0 Å². The fraction of sp³-hybridized carbons (Fsp3) is 0.957. The zero-order valence-corrected chi connectivity index (χ0v) is 36.5. The Bertz CT molecular complexity index is 773. The first-order valence-corrected chi connectivity index (χ1v) is 23.4. The molecule has 0 aromatic rings. The largest absolute Gasteiger partial charge is 0.466 e. The summed E-state index contributed by atoms with van der Waals surface area (Å²) >= 11 is 0. The van der Waals surface area contributed by atoms with Gasteiger partial charge < -0.3 is 19.5 Å². The summed E-state index contributed by atoms with van der Waals surface area (Å²) in [4.78, 5) is 27.3. The number of carbonyl (C=O) groups is 2. The molecule has 0 fully saturated rings. The molecule has 0 spiro atoms. The lowest BCUT2D eigenvalue weighted by molar-refractivity contribution is -0.145. The van der Waals surface area contributed by atoms with Crippen LogP contribution < -0.4 is 0 Å². The molecule has 1 N–H and O–H groups in total. The van der Waals surface area contributed by atoms with Crippen LogP contribution in [0.2, 0.25) is 0 Å². The summed E-state index contributed by atoms with van der Waals surface area (Å²) in [6.07, 6.45) is 37.0. The molecule has 0 saturated heterocycles. The fourth-order valence-corrected chi connectivity index (χ4v) is 7.36. The highest BCUT2D eigenvalue weighted by molar-refractivity contribution is 5.69. The predicted octanol–water partition coefficient (Wildman–Crippen LogP) is 13.6. The van der Waals surface area contributed by atoms with E-state index in [1.807, 2.05) is 0 Å². The Morgan fingerprint density at radius 1 is 0.509 bits per heavy atom. The molecule has 0 aromatic carbocycles. The SMILES string of the molecule is CCCCCCCCCC(=O)OCCCCC(C)(C)CCN(CCCCO)CCCCCCCC(=O)OCC(CCCCCCC)CCCCCCC. The standard InChI is InChI=1S/C47H93NO5/c1-6-9-12-15-16-20-25-34-45(50)52-42-31-27-36-47(4,5)37-40-48(39-29-30-41-49)38-28-22-17-21-26-35-46(51)53-43-44(32-23-18-13-10-7-2)33-24-19-14-11-8-3/h44,49H,6-43H2,1-5H3. The fourth-order valence-electron chi connectivity index (χ4n) is 7.36. The van der Waals surface area contributed by atoms with Gasteiger partial charge in [-0.15, -0.1) is 0 Å². The van der Waals surface area contributed by atoms with Gasteiger partial charge in [0.15, 0.2) is 0 Å². The van der Waals surface area contributed by atoms with Crippen molar-refractivity contribution in [3.63, 3.8) is 0 Å². The van der Waals surface area contributed by atoms with Gasteiger partial charge in [-0.25, -0.2) is 0 Å². The summed E-state index contributed by atoms with van der Waals surface area (Å²) in [6, 6.07) is 0. The van der Waals surface area contributed by atoms with Crippen LogP contribution in [-0.4, -0.2) is 61.4 Å². The van der Waals surface area contributed by atoms with Crippen LogP contribution in [0.4, 0.5) is 0 Å². The van der Waals surface area contributed by atoms with Crippen LogP contribution in [0.5, 0.6) is 0 Å². The molecule has 0 unspecified atom stereocenters. The number of nitrogens with zero attached hydrogens (tertiary/aromatic N) is 1. The maximum absolute atomic E-state index is 12.6. The average molecular weight is 752 g/mol. The zero-order valence-electron chi connectivity index (χ0n) is 36.5. The van der Waals surface area contributed by atoms with E-state index in [2.05, 4.69) is 39.5 Å². The molecule has 0 amide bonds. The van der Waals surface area contributed by atoms with Gasteiger partial charge in [-0.3, -0.25) is 9.59 Å². The maximum Gasteiger partial charge on any atom is 0.305 e. The Kier molecular flexibility index (Phi) is 38.3. The van der Waals surface area contributed by atoms with Crippen molar-refractivity contribution in [1.29, 1.82) is 0 Å². The van der Waals surface area contributed by atoms with Crippen molar-refractivity contribution >= 4 is 11.9 Å². The molecule has 53 heavy (non-hydrogen) atoms. The van der Waals surface area contributed by atoms with E-state index in [0.717, 1.165) is 83.8 Å². The number of ether oxygens (including phenoxy) is 2. The number of aliphatic hydroxyl groups is 1. The lowest BCUT2D eigenvalue weighted by atomic mass is 9.83. The Morgan fingerprint density at radius 2 is 0.962 bits per heavy atom. The second-order valence-electron chi connectivity index (χ2n) is 17.2. The van der Waals surface area contributed by atoms with Crippen molar-refractivity contribution in [2.24, 2.45) is 11.3 Å². The molecule has 6 heteroatoms. The summed E-state index contributed by atoms with van der Waals surface area (Å²) in [6.45, 7) is 16.2. The van der Waals surface area contributed by atoms with Crippen molar-refractivity contribution < 1.29 is 24.2 Å². The van der Waals surface area contributed by atoms with E-state index in [9.17, 15) is 14.7 Å². The van der Waals surface area contributed by atoms with E-state index in [1.54, 1.807) is 0 Å². The first-order valence-electron chi connectivity index (χ1n) is 23.4. The predicted molar refractivity (Wildman–Crippen MR) is 227 cm³/mol. The molecule has 0 aliphatic rings. The topological polar surface area (TPSA) is 76.1 Å². The molecule has 0 aliphatic heterocycles. The number of unbranched alkanes of at least 4 members (excludes halogenated alkanes) is 20. The van der Waals surface area contributed by atoms with Crippen molar-refractivity contribution in [2.45, 2.75) is 240 Å². The minimum Gasteiger partial charge on any atom is -0.466 e. The summed E-state index contributed by atoms with van der Waals surface area (Å²) in [5.41, 5.74) is 0.259. The van der Waals surface area contributed by atoms with E-state index in [-0.39, 0.29) is 24.0 Å². The third-order valence-electron chi connectivity index (χ3n) is 11.2. The van der Waals surface area contributed by atoms with Gasteiger partial charge in [0.25, 0.3) is 0 Å². The highest BCUT2D eigenvalue weighted by Gasteiger charge is 2.19. The van der Waals surface area contributed by atoms with Gasteiger partial charge in [-0.2, -0.15) is 0 Å². The number of rotatable bonds is 42. The molecule has 0 aromatic heterocycles. The van der Waals surface area contributed by atoms with Crippen molar-refractivity contribution in [3.05, 3.63) is 0 Å². The Balaban J connectivity index is 4.23. The van der Waals surface area contributed by atoms with Crippen LogP contribution in [0.1, 0.15) is 240 Å². The summed E-state index contributed by atoms with van der Waals surface area (Å²) < 4.78 is 11.3. The highest BCUT2D eigenvalue weighted by Crippen LogP contribution is 2.28. The number of carbonyl (C=O) groups excluding carboxylic acids is 2. The monoisotopic (exact) mass is 752 g/mol. The Hall–Kier alpha value is -1.14. The van der Waals surface area contributed by atoms with Gasteiger partial charge in [0, 0.05) is 19.4 Å². The third kappa shape index (κ3) is 37.6. The number of hydrogen-bond donors (Lipinski definition) is 1. The molecule has 0 atom stereocenters. The normalized spacial score (nSPS) is 11.9. The maximum atomic E-state index is 12.6. The summed E-state index contributed by atoms with van der Waals surface area (Å²) in [5.74, 6) is 0.517. The van der Waals surface area contributed by atoms with Crippen LogP contribution in [0.3, 0.4) is 0 Å². The molecule has 0 heterocycles. The van der Waals surface area contributed by atoms with E-state index >= 15 is 0 Å². The van der Waals surface area contributed by atoms with Gasteiger partial charge in [0.05, 0.1) is 13.2 Å². The van der Waals surface area contributed by atoms with E-state index < -0.39 is 0 Å². The molecule has 0 saturated carbocycles. The molecule has 6 nitrogen and oxygen atoms in total. The molecule has 316 valence electrons. The van der Waals surface area contributed by atoms with Crippen LogP contribution >= 0.6 is 0 Å². The number of esters is 2. The first kappa shape index (κ1) is 51.9. The first-order chi connectivity index (χ1) is 25.8. The van der Waals surface area contributed by atoms with E-state index in [4.69, 9.17) is 9.47 Å². The van der Waals surface area contributed by atoms with Gasteiger partial charge in [-0.1, -0.05) is 157 Å². The lowest BCUT2D eigenvalue weighted by Gasteiger charge is -2.30. The van der Waals surface area contributed by atoms with E-state index in [0.29, 0.717) is 32.0 Å². The minimum atomic E-state index is -0.0234. The molecule has 0 aliphatic carbocycles. The van der Waals surface area contributed by atoms with Crippen molar-refractivity contribution in [1.82, 2.24) is 4.90 Å². The molecule has 0 rings (SSSR count). The van der Waals surface area contributed by atoms with Crippen molar-refractivity contribution in [3.8, 4) is 0 Å². The number of hydrogen-bond acceptors (Lipinski definition) is 6. The van der Waals surface area contributed by atoms with Gasteiger partial charge >= 0.3 is 11.9 Å². The van der Waals surface area contributed by atoms with E-state index in [1.165, 1.54) is 128 Å². The Morgan fingerprint density at radius 3 is 1.49 bits per heavy atom. The quantitative estimate of drug-likeness (QED) is 0.0494. The molecular formula is C47H93NO5. The Labute approximate surface area is 331 Å². The van der Waals surface area contributed by atoms with Crippen LogP contribution in [-0.2, 0) is 19.1 Å². The zero-order chi connectivity index (χ0) is 39.1. The highest BCUT2D eigenvalue weighted by atomic mass is 16.5. The molecular weight excluding hydrogens is 659 g/mol. The second kappa shape index (κ2) is 39.1. The average Bonchev–Trinajstić information content (AvgIpc) is 3.14. The van der Waals surface area contributed by atoms with Crippen LogP contribution in [0.15, 0.2) is 0 Å². The lowest BCUT2D eigenvalue weighted by Crippen LogP contribution is -2.30.